The fraction of sp³-hybridized carbons (Fsp3) is 0.111. The lowest BCUT2D eigenvalue weighted by atomic mass is 10.1. The summed E-state index contributed by atoms with van der Waals surface area (Å²) < 4.78 is 2.05. The summed E-state index contributed by atoms with van der Waals surface area (Å²) in [5, 5.41) is 11.8. The summed E-state index contributed by atoms with van der Waals surface area (Å²) in [6.45, 7) is -0.131. The van der Waals surface area contributed by atoms with Crippen LogP contribution in [0.1, 0.15) is 5.56 Å². The lowest BCUT2D eigenvalue weighted by Crippen LogP contribution is -2.27. The first-order valence-electron chi connectivity index (χ1n) is 7.47. The molecule has 124 valence electrons. The van der Waals surface area contributed by atoms with E-state index in [2.05, 4.69) is 32.3 Å². The van der Waals surface area contributed by atoms with E-state index in [1.165, 1.54) is 10.9 Å². The van der Waals surface area contributed by atoms with Crippen LogP contribution in [0.3, 0.4) is 0 Å². The number of carbonyl (C=O) groups excluding carboxylic acids is 1. The zero-order valence-electron chi connectivity index (χ0n) is 13.1. The van der Waals surface area contributed by atoms with Crippen LogP contribution in [0, 0.1) is 11.3 Å². The second-order valence-corrected chi connectivity index (χ2v) is 6.33. The summed E-state index contributed by atoms with van der Waals surface area (Å²) in [6, 6.07) is 14.3. The van der Waals surface area contributed by atoms with Gasteiger partial charge < -0.3 is 5.32 Å². The van der Waals surface area contributed by atoms with Gasteiger partial charge in [-0.2, -0.15) is 5.26 Å². The van der Waals surface area contributed by atoms with Crippen LogP contribution in [-0.4, -0.2) is 15.5 Å². The molecule has 0 aliphatic carbocycles. The standard InChI is InChI=1S/C18H13BrN4O2/c19-13-3-6-16-15(9-13)18(25)23(11-21-16)10-17(24)22-14-4-1-12(2-5-14)7-8-20/h1-6,9,11H,7,10H2,(H,22,24). The molecule has 25 heavy (non-hydrogen) atoms. The number of aromatic nitrogens is 2. The molecule has 0 radical (unpaired) electrons. The molecule has 0 aliphatic heterocycles. The average Bonchev–Trinajstić information content (AvgIpc) is 2.60. The fourth-order valence-corrected chi connectivity index (χ4v) is 2.76. The molecule has 1 amide bonds. The molecule has 7 heteroatoms. The van der Waals surface area contributed by atoms with Crippen molar-refractivity contribution in [2.24, 2.45) is 0 Å². The minimum Gasteiger partial charge on any atom is -0.325 e. The molecule has 6 nitrogen and oxygen atoms in total. The van der Waals surface area contributed by atoms with Crippen molar-refractivity contribution in [2.45, 2.75) is 13.0 Å². The van der Waals surface area contributed by atoms with Crippen molar-refractivity contribution in [3.63, 3.8) is 0 Å². The molecule has 0 fully saturated rings. The van der Waals surface area contributed by atoms with Crippen LogP contribution >= 0.6 is 15.9 Å². The third-order valence-corrected chi connectivity index (χ3v) is 4.11. The van der Waals surface area contributed by atoms with Crippen molar-refractivity contribution in [3.8, 4) is 6.07 Å². The van der Waals surface area contributed by atoms with Crippen LogP contribution in [0.15, 0.2) is 58.1 Å². The Hall–Kier alpha value is -2.98. The van der Waals surface area contributed by atoms with E-state index >= 15 is 0 Å². The van der Waals surface area contributed by atoms with E-state index < -0.39 is 0 Å². The van der Waals surface area contributed by atoms with Crippen molar-refractivity contribution in [3.05, 3.63) is 69.2 Å². The fourth-order valence-electron chi connectivity index (χ4n) is 2.40. The van der Waals surface area contributed by atoms with Gasteiger partial charge in [0.1, 0.15) is 6.54 Å². The van der Waals surface area contributed by atoms with Crippen LogP contribution in [0.25, 0.3) is 10.9 Å². The highest BCUT2D eigenvalue weighted by Gasteiger charge is 2.09. The van der Waals surface area contributed by atoms with Gasteiger partial charge in [-0.15, -0.1) is 0 Å². The topological polar surface area (TPSA) is 87.8 Å². The first-order chi connectivity index (χ1) is 12.1. The number of hydrogen-bond donors (Lipinski definition) is 1. The second-order valence-electron chi connectivity index (χ2n) is 5.42. The number of amides is 1. The van der Waals surface area contributed by atoms with Gasteiger partial charge in [0.2, 0.25) is 5.91 Å². The molecule has 3 aromatic rings. The van der Waals surface area contributed by atoms with E-state index in [0.717, 1.165) is 10.0 Å². The molecule has 3 rings (SSSR count). The van der Waals surface area contributed by atoms with E-state index in [4.69, 9.17) is 5.26 Å². The van der Waals surface area contributed by atoms with Gasteiger partial charge in [-0.3, -0.25) is 14.2 Å². The Labute approximate surface area is 151 Å². The largest absolute Gasteiger partial charge is 0.325 e. The highest BCUT2D eigenvalue weighted by Crippen LogP contribution is 2.15. The van der Waals surface area contributed by atoms with Crippen molar-refractivity contribution in [1.29, 1.82) is 5.26 Å². The van der Waals surface area contributed by atoms with Gasteiger partial charge in [0.15, 0.2) is 0 Å². The SMILES string of the molecule is N#CCc1ccc(NC(=O)Cn2cnc3ccc(Br)cc3c2=O)cc1. The van der Waals surface area contributed by atoms with Gasteiger partial charge >= 0.3 is 0 Å². The Bertz CT molecular complexity index is 1040. The lowest BCUT2D eigenvalue weighted by Gasteiger charge is -2.08. The highest BCUT2D eigenvalue weighted by atomic mass is 79.9. The van der Waals surface area contributed by atoms with E-state index in [1.54, 1.807) is 36.4 Å². The number of rotatable bonds is 4. The summed E-state index contributed by atoms with van der Waals surface area (Å²) in [4.78, 5) is 28.9. The quantitative estimate of drug-likeness (QED) is 0.734. The number of fused-ring (bicyclic) bond motifs is 1. The molecule has 0 saturated carbocycles. The van der Waals surface area contributed by atoms with Crippen molar-refractivity contribution < 1.29 is 4.79 Å². The summed E-state index contributed by atoms with van der Waals surface area (Å²) in [7, 11) is 0. The molecule has 1 heterocycles. The van der Waals surface area contributed by atoms with Gasteiger partial charge in [0.05, 0.1) is 29.7 Å². The monoisotopic (exact) mass is 396 g/mol. The molecule has 0 unspecified atom stereocenters. The number of anilines is 1. The maximum Gasteiger partial charge on any atom is 0.261 e. The Morgan fingerprint density at radius 1 is 1.24 bits per heavy atom. The maximum atomic E-state index is 12.5. The molecule has 1 N–H and O–H groups in total. The number of nitriles is 1. The Kier molecular flexibility index (Phi) is 4.91. The smallest absolute Gasteiger partial charge is 0.261 e. The van der Waals surface area contributed by atoms with Gasteiger partial charge in [0.25, 0.3) is 5.56 Å². The van der Waals surface area contributed by atoms with Crippen LogP contribution in [-0.2, 0) is 17.8 Å². The van der Waals surface area contributed by atoms with Crippen molar-refractivity contribution in [2.75, 3.05) is 5.32 Å². The van der Waals surface area contributed by atoms with E-state index in [1.807, 2.05) is 6.07 Å². The summed E-state index contributed by atoms with van der Waals surface area (Å²) in [5.41, 5.74) is 1.79. The first-order valence-corrected chi connectivity index (χ1v) is 8.26. The molecular formula is C18H13BrN4O2. The van der Waals surface area contributed by atoms with Crippen LogP contribution in [0.5, 0.6) is 0 Å². The normalized spacial score (nSPS) is 10.4. The van der Waals surface area contributed by atoms with Gasteiger partial charge in [-0.1, -0.05) is 28.1 Å². The third-order valence-electron chi connectivity index (χ3n) is 3.62. The second kappa shape index (κ2) is 7.28. The number of benzene rings is 2. The third kappa shape index (κ3) is 3.92. The number of halogens is 1. The predicted molar refractivity (Wildman–Crippen MR) is 98.1 cm³/mol. The number of nitrogens with zero attached hydrogens (tertiary/aromatic N) is 3. The minimum atomic E-state index is -0.328. The molecule has 0 saturated heterocycles. The summed E-state index contributed by atoms with van der Waals surface area (Å²) in [5.74, 6) is -0.328. The average molecular weight is 397 g/mol. The molecule has 0 spiro atoms. The maximum absolute atomic E-state index is 12.5. The van der Waals surface area contributed by atoms with Crippen molar-refractivity contribution >= 4 is 38.4 Å². The van der Waals surface area contributed by atoms with Gasteiger partial charge in [-0.05, 0) is 35.9 Å². The van der Waals surface area contributed by atoms with Crippen LogP contribution < -0.4 is 10.9 Å². The lowest BCUT2D eigenvalue weighted by molar-refractivity contribution is -0.116. The summed E-state index contributed by atoms with van der Waals surface area (Å²) >= 11 is 3.33. The van der Waals surface area contributed by atoms with Crippen LogP contribution in [0.4, 0.5) is 5.69 Å². The zero-order chi connectivity index (χ0) is 17.8. The Balaban J connectivity index is 1.77. The van der Waals surface area contributed by atoms with E-state index in [0.29, 0.717) is 23.0 Å². The summed E-state index contributed by atoms with van der Waals surface area (Å²) in [6.07, 6.45) is 1.69. The number of carbonyl (C=O) groups is 1. The molecule has 0 bridgehead atoms. The van der Waals surface area contributed by atoms with Gasteiger partial charge in [0, 0.05) is 10.2 Å². The molecule has 0 aliphatic rings. The molecule has 2 aromatic carbocycles. The van der Waals surface area contributed by atoms with E-state index in [9.17, 15) is 9.59 Å². The molecule has 1 aromatic heterocycles. The van der Waals surface area contributed by atoms with Crippen LogP contribution in [0.2, 0.25) is 0 Å². The predicted octanol–water partition coefficient (Wildman–Crippen LogP) is 2.86. The number of hydrogen-bond acceptors (Lipinski definition) is 4. The first kappa shape index (κ1) is 16.9. The zero-order valence-corrected chi connectivity index (χ0v) is 14.7. The van der Waals surface area contributed by atoms with Crippen molar-refractivity contribution in [1.82, 2.24) is 9.55 Å². The minimum absolute atomic E-state index is 0.131. The molecule has 0 atom stereocenters. The Morgan fingerprint density at radius 2 is 2.00 bits per heavy atom. The van der Waals surface area contributed by atoms with E-state index in [-0.39, 0.29) is 18.0 Å². The molecular weight excluding hydrogens is 384 g/mol. The van der Waals surface area contributed by atoms with Gasteiger partial charge in [-0.25, -0.2) is 4.98 Å². The highest BCUT2D eigenvalue weighted by molar-refractivity contribution is 9.10. The Morgan fingerprint density at radius 3 is 2.72 bits per heavy atom. The number of nitrogens with one attached hydrogen (secondary N) is 1.